The van der Waals surface area contributed by atoms with Crippen molar-refractivity contribution in [2.75, 3.05) is 0 Å². The summed E-state index contributed by atoms with van der Waals surface area (Å²) in [6.07, 6.45) is 1.52. The van der Waals surface area contributed by atoms with Crippen LogP contribution < -0.4 is 5.56 Å². The Morgan fingerprint density at radius 3 is 2.69 bits per heavy atom. The first kappa shape index (κ1) is 16.2. The molecule has 0 aliphatic heterocycles. The van der Waals surface area contributed by atoms with E-state index in [0.29, 0.717) is 10.2 Å². The zero-order chi connectivity index (χ0) is 18.1. The first-order chi connectivity index (χ1) is 12.6. The fourth-order valence-corrected chi connectivity index (χ4v) is 3.82. The molecule has 4 aromatic rings. The van der Waals surface area contributed by atoms with Crippen LogP contribution in [0.25, 0.3) is 21.3 Å². The number of hydrogen-bond donors (Lipinski definition) is 1. The smallest absolute Gasteiger partial charge is 0.335 e. The van der Waals surface area contributed by atoms with Crippen LogP contribution in [0, 0.1) is 0 Å². The molecule has 0 unspecified atom stereocenters. The molecule has 5 nitrogen and oxygen atoms in total. The minimum absolute atomic E-state index is 0.129. The standard InChI is InChI=1S/C20H14N2O3S/c23-19-17-16(14-6-2-1-3-7-14)11-26-18(17)21-12-22(19)10-13-5-4-8-15(9-13)20(24)25/h1-9,11-12H,10H2,(H,24,25). The third-order valence-electron chi connectivity index (χ3n) is 4.17. The zero-order valence-corrected chi connectivity index (χ0v) is 14.4. The molecule has 2 aromatic heterocycles. The Bertz CT molecular complexity index is 1160. The number of thiophene rings is 1. The molecule has 0 atom stereocenters. The Morgan fingerprint density at radius 1 is 1.12 bits per heavy atom. The van der Waals surface area contributed by atoms with E-state index in [9.17, 15) is 9.59 Å². The van der Waals surface area contributed by atoms with Gasteiger partial charge in [0, 0.05) is 10.9 Å². The molecule has 0 saturated heterocycles. The number of nitrogens with zero attached hydrogens (tertiary/aromatic N) is 2. The lowest BCUT2D eigenvalue weighted by atomic mass is 10.1. The molecule has 0 fully saturated rings. The monoisotopic (exact) mass is 362 g/mol. The molecule has 0 aliphatic carbocycles. The fourth-order valence-electron chi connectivity index (χ4n) is 2.91. The van der Waals surface area contributed by atoms with Gasteiger partial charge in [0.2, 0.25) is 0 Å². The Hall–Kier alpha value is -3.25. The molecule has 0 bridgehead atoms. The SMILES string of the molecule is O=C(O)c1cccc(Cn2cnc3scc(-c4ccccc4)c3c2=O)c1. The van der Waals surface area contributed by atoms with Gasteiger partial charge in [-0.3, -0.25) is 9.36 Å². The number of carbonyl (C=O) groups is 1. The van der Waals surface area contributed by atoms with Gasteiger partial charge in [0.25, 0.3) is 5.56 Å². The molecule has 2 aromatic carbocycles. The molecule has 0 saturated carbocycles. The van der Waals surface area contributed by atoms with Crippen LogP contribution >= 0.6 is 11.3 Å². The Kier molecular flexibility index (Phi) is 4.10. The Labute approximate surface area is 152 Å². The van der Waals surface area contributed by atoms with E-state index in [-0.39, 0.29) is 17.7 Å². The minimum Gasteiger partial charge on any atom is -0.478 e. The highest BCUT2D eigenvalue weighted by Crippen LogP contribution is 2.30. The molecule has 0 aliphatic rings. The highest BCUT2D eigenvalue weighted by atomic mass is 32.1. The van der Waals surface area contributed by atoms with E-state index in [0.717, 1.165) is 16.7 Å². The molecule has 0 amide bonds. The lowest BCUT2D eigenvalue weighted by Crippen LogP contribution is -2.21. The van der Waals surface area contributed by atoms with Gasteiger partial charge in [-0.25, -0.2) is 9.78 Å². The average molecular weight is 362 g/mol. The second kappa shape index (κ2) is 6.57. The van der Waals surface area contributed by atoms with E-state index < -0.39 is 5.97 Å². The summed E-state index contributed by atoms with van der Waals surface area (Å²) in [6.45, 7) is 0.271. The van der Waals surface area contributed by atoms with Crippen LogP contribution in [0.15, 0.2) is 71.1 Å². The number of rotatable bonds is 4. The van der Waals surface area contributed by atoms with Crippen LogP contribution in [0.1, 0.15) is 15.9 Å². The molecule has 1 N–H and O–H groups in total. The summed E-state index contributed by atoms with van der Waals surface area (Å²) in [5.74, 6) is -0.989. The van der Waals surface area contributed by atoms with Crippen LogP contribution in [-0.2, 0) is 6.54 Å². The zero-order valence-electron chi connectivity index (χ0n) is 13.6. The Morgan fingerprint density at radius 2 is 1.92 bits per heavy atom. The maximum Gasteiger partial charge on any atom is 0.335 e. The van der Waals surface area contributed by atoms with E-state index in [4.69, 9.17) is 5.11 Å². The quantitative estimate of drug-likeness (QED) is 0.598. The summed E-state index contributed by atoms with van der Waals surface area (Å²) in [6, 6.07) is 16.3. The normalized spacial score (nSPS) is 10.9. The number of carboxylic acid groups (broad SMARTS) is 1. The van der Waals surface area contributed by atoms with Crippen LogP contribution in [0.5, 0.6) is 0 Å². The predicted octanol–water partition coefficient (Wildman–Crippen LogP) is 3.87. The summed E-state index contributed by atoms with van der Waals surface area (Å²) in [5, 5.41) is 11.7. The number of benzene rings is 2. The molecular weight excluding hydrogens is 348 g/mol. The van der Waals surface area contributed by atoms with Gasteiger partial charge >= 0.3 is 5.97 Å². The molecule has 2 heterocycles. The summed E-state index contributed by atoms with van der Waals surface area (Å²) >= 11 is 1.44. The Balaban J connectivity index is 1.80. The second-order valence-electron chi connectivity index (χ2n) is 5.88. The van der Waals surface area contributed by atoms with Crippen molar-refractivity contribution < 1.29 is 9.90 Å². The van der Waals surface area contributed by atoms with Crippen molar-refractivity contribution in [3.63, 3.8) is 0 Å². The number of aromatic nitrogens is 2. The first-order valence-corrected chi connectivity index (χ1v) is 8.86. The summed E-state index contributed by atoms with van der Waals surface area (Å²) in [5.41, 5.74) is 2.66. The maximum absolute atomic E-state index is 13.0. The highest BCUT2D eigenvalue weighted by Gasteiger charge is 2.13. The van der Waals surface area contributed by atoms with E-state index in [2.05, 4.69) is 4.98 Å². The fraction of sp³-hybridized carbons (Fsp3) is 0.0500. The van der Waals surface area contributed by atoms with Crippen molar-refractivity contribution in [3.8, 4) is 11.1 Å². The summed E-state index contributed by atoms with van der Waals surface area (Å²) in [7, 11) is 0. The van der Waals surface area contributed by atoms with Gasteiger partial charge in [-0.15, -0.1) is 11.3 Å². The molecular formula is C20H14N2O3S. The van der Waals surface area contributed by atoms with E-state index in [1.807, 2.05) is 35.7 Å². The lowest BCUT2D eigenvalue weighted by Gasteiger charge is -2.07. The number of aromatic carboxylic acids is 1. The van der Waals surface area contributed by atoms with Crippen LogP contribution in [0.2, 0.25) is 0 Å². The first-order valence-electron chi connectivity index (χ1n) is 7.98. The molecule has 4 rings (SSSR count). The second-order valence-corrected chi connectivity index (χ2v) is 6.74. The molecule has 0 spiro atoms. The maximum atomic E-state index is 13.0. The van der Waals surface area contributed by atoms with Gasteiger partial charge in [-0.2, -0.15) is 0 Å². The average Bonchev–Trinajstić information content (AvgIpc) is 3.10. The van der Waals surface area contributed by atoms with Crippen LogP contribution in [0.4, 0.5) is 0 Å². The van der Waals surface area contributed by atoms with Crippen molar-refractivity contribution in [2.45, 2.75) is 6.54 Å². The van der Waals surface area contributed by atoms with Crippen molar-refractivity contribution in [1.29, 1.82) is 0 Å². The van der Waals surface area contributed by atoms with Crippen LogP contribution in [0.3, 0.4) is 0 Å². The summed E-state index contributed by atoms with van der Waals surface area (Å²) < 4.78 is 1.52. The van der Waals surface area contributed by atoms with Crippen molar-refractivity contribution in [1.82, 2.24) is 9.55 Å². The molecule has 128 valence electrons. The van der Waals surface area contributed by atoms with E-state index in [1.54, 1.807) is 18.2 Å². The van der Waals surface area contributed by atoms with E-state index in [1.165, 1.54) is 28.3 Å². The number of carboxylic acids is 1. The van der Waals surface area contributed by atoms with Crippen molar-refractivity contribution >= 4 is 27.5 Å². The molecule has 6 heteroatoms. The van der Waals surface area contributed by atoms with Gasteiger partial charge in [-0.1, -0.05) is 42.5 Å². The van der Waals surface area contributed by atoms with Gasteiger partial charge in [0.1, 0.15) is 4.83 Å². The van der Waals surface area contributed by atoms with Gasteiger partial charge in [0.05, 0.1) is 23.8 Å². The minimum atomic E-state index is -0.989. The molecule has 0 radical (unpaired) electrons. The number of fused-ring (bicyclic) bond motifs is 1. The largest absolute Gasteiger partial charge is 0.478 e. The number of hydrogen-bond acceptors (Lipinski definition) is 4. The van der Waals surface area contributed by atoms with Crippen molar-refractivity contribution in [2.24, 2.45) is 0 Å². The van der Waals surface area contributed by atoms with Gasteiger partial charge in [0.15, 0.2) is 0 Å². The third kappa shape index (κ3) is 2.91. The lowest BCUT2D eigenvalue weighted by molar-refractivity contribution is 0.0696. The van der Waals surface area contributed by atoms with Gasteiger partial charge < -0.3 is 5.11 Å². The predicted molar refractivity (Wildman–Crippen MR) is 102 cm³/mol. The van der Waals surface area contributed by atoms with E-state index >= 15 is 0 Å². The summed E-state index contributed by atoms with van der Waals surface area (Å²) in [4.78, 5) is 29.3. The topological polar surface area (TPSA) is 72.2 Å². The van der Waals surface area contributed by atoms with Crippen LogP contribution in [-0.4, -0.2) is 20.6 Å². The van der Waals surface area contributed by atoms with Crippen molar-refractivity contribution in [3.05, 3.63) is 87.8 Å². The third-order valence-corrected chi connectivity index (χ3v) is 5.06. The van der Waals surface area contributed by atoms with Gasteiger partial charge in [-0.05, 0) is 23.3 Å². The highest BCUT2D eigenvalue weighted by molar-refractivity contribution is 7.17. The molecule has 26 heavy (non-hydrogen) atoms.